The zero-order chi connectivity index (χ0) is 24.2. The molecule has 8 heteroatoms. The highest BCUT2D eigenvalue weighted by Crippen LogP contribution is 2.35. The van der Waals surface area contributed by atoms with Crippen molar-refractivity contribution >= 4 is 28.8 Å². The smallest absolute Gasteiger partial charge is 0.272 e. The number of nitrogens with zero attached hydrogens (tertiary/aromatic N) is 1. The number of fused-ring (bicyclic) bond motifs is 1. The van der Waals surface area contributed by atoms with Crippen LogP contribution in [0.5, 0.6) is 11.5 Å². The summed E-state index contributed by atoms with van der Waals surface area (Å²) < 4.78 is 25.6. The maximum absolute atomic E-state index is 14.0. The molecule has 0 bridgehead atoms. The van der Waals surface area contributed by atoms with E-state index < -0.39 is 23.9 Å². The molecule has 2 amide bonds. The first-order valence-electron chi connectivity index (χ1n) is 11.9. The maximum atomic E-state index is 14.0. The monoisotopic (exact) mass is 494 g/mol. The molecule has 3 aromatic rings. The van der Waals surface area contributed by atoms with Gasteiger partial charge in [0.1, 0.15) is 18.5 Å². The summed E-state index contributed by atoms with van der Waals surface area (Å²) in [6, 6.07) is 15.6. The van der Waals surface area contributed by atoms with Gasteiger partial charge in [0, 0.05) is 16.6 Å². The van der Waals surface area contributed by atoms with Gasteiger partial charge in [-0.15, -0.1) is 11.3 Å². The first-order chi connectivity index (χ1) is 17.1. The first kappa shape index (κ1) is 23.4. The second-order valence-corrected chi connectivity index (χ2v) is 9.79. The van der Waals surface area contributed by atoms with Crippen LogP contribution in [-0.4, -0.2) is 30.6 Å². The summed E-state index contributed by atoms with van der Waals surface area (Å²) in [7, 11) is 0. The lowest BCUT2D eigenvalue weighted by Crippen LogP contribution is -2.52. The molecule has 1 fully saturated rings. The van der Waals surface area contributed by atoms with E-state index in [1.165, 1.54) is 46.9 Å². The Morgan fingerprint density at radius 2 is 1.71 bits per heavy atom. The fourth-order valence-electron chi connectivity index (χ4n) is 4.65. The average molecular weight is 495 g/mol. The number of halogens is 1. The summed E-state index contributed by atoms with van der Waals surface area (Å²) in [6.45, 7) is 0.00887. The van der Waals surface area contributed by atoms with Gasteiger partial charge in [-0.2, -0.15) is 0 Å². The standard InChI is InChI=1S/C27H27FN2O4S/c28-18-12-14-20(15-13-18)30(27(32)23-17-33-21-9-4-5-10-22(21)34-23)25(24-11-6-16-35-24)26(31)29-19-7-2-1-3-8-19/h4-6,9-16,19,23,25H,1-3,7-8,17H2,(H,29,31)/t23-,25+/m1/s1. The predicted molar refractivity (Wildman–Crippen MR) is 132 cm³/mol. The van der Waals surface area contributed by atoms with Gasteiger partial charge in [-0.25, -0.2) is 4.39 Å². The number of nitrogens with one attached hydrogen (secondary N) is 1. The number of benzene rings is 2. The fraction of sp³-hybridized carbons (Fsp3) is 0.333. The third-order valence-corrected chi connectivity index (χ3v) is 7.32. The zero-order valence-corrected chi connectivity index (χ0v) is 20.0. The highest BCUT2D eigenvalue weighted by atomic mass is 32.1. The minimum absolute atomic E-state index is 0.00887. The number of carbonyl (C=O) groups excluding carboxylic acids is 2. The van der Waals surface area contributed by atoms with Crippen LogP contribution in [0.3, 0.4) is 0 Å². The molecule has 2 heterocycles. The molecule has 0 spiro atoms. The highest BCUT2D eigenvalue weighted by molar-refractivity contribution is 7.10. The van der Waals surface area contributed by atoms with Crippen molar-refractivity contribution in [2.45, 2.75) is 50.3 Å². The van der Waals surface area contributed by atoms with Crippen LogP contribution in [0.1, 0.15) is 43.0 Å². The number of carbonyl (C=O) groups is 2. The summed E-state index contributed by atoms with van der Waals surface area (Å²) in [5.74, 6) is -0.0747. The molecule has 35 heavy (non-hydrogen) atoms. The normalized spacial score (nSPS) is 18.5. The summed E-state index contributed by atoms with van der Waals surface area (Å²) in [6.07, 6.45) is 4.19. The van der Waals surface area contributed by atoms with Crippen molar-refractivity contribution in [3.05, 3.63) is 76.7 Å². The summed E-state index contributed by atoms with van der Waals surface area (Å²) in [5.41, 5.74) is 0.413. The van der Waals surface area contributed by atoms with E-state index in [1.54, 1.807) is 18.2 Å². The number of rotatable bonds is 6. The molecule has 1 aliphatic heterocycles. The molecule has 0 unspecified atom stereocenters. The Morgan fingerprint density at radius 3 is 2.43 bits per heavy atom. The van der Waals surface area contributed by atoms with Crippen molar-refractivity contribution in [1.82, 2.24) is 5.32 Å². The average Bonchev–Trinajstić information content (AvgIpc) is 3.42. The molecule has 5 rings (SSSR count). The minimum atomic E-state index is -0.958. The van der Waals surface area contributed by atoms with Crippen LogP contribution < -0.4 is 19.7 Å². The van der Waals surface area contributed by atoms with Crippen LogP contribution >= 0.6 is 11.3 Å². The molecule has 2 aromatic carbocycles. The number of hydrogen-bond donors (Lipinski definition) is 1. The van der Waals surface area contributed by atoms with Crippen LogP contribution in [0.2, 0.25) is 0 Å². The number of thiophene rings is 1. The van der Waals surface area contributed by atoms with Crippen molar-refractivity contribution in [3.8, 4) is 11.5 Å². The Morgan fingerprint density at radius 1 is 0.971 bits per heavy atom. The number of amides is 2. The Balaban J connectivity index is 1.50. The van der Waals surface area contributed by atoms with Crippen molar-refractivity contribution in [3.63, 3.8) is 0 Å². The molecule has 2 atom stereocenters. The lowest BCUT2D eigenvalue weighted by molar-refractivity contribution is -0.132. The van der Waals surface area contributed by atoms with E-state index in [9.17, 15) is 14.0 Å². The van der Waals surface area contributed by atoms with Crippen LogP contribution in [0.25, 0.3) is 0 Å². The zero-order valence-electron chi connectivity index (χ0n) is 19.2. The molecule has 0 radical (unpaired) electrons. The van der Waals surface area contributed by atoms with Crippen LogP contribution in [0.15, 0.2) is 66.0 Å². The van der Waals surface area contributed by atoms with E-state index in [1.807, 2.05) is 23.6 Å². The quantitative estimate of drug-likeness (QED) is 0.508. The number of ether oxygens (including phenoxy) is 2. The lowest BCUT2D eigenvalue weighted by atomic mass is 9.95. The molecule has 182 valence electrons. The molecular formula is C27H27FN2O4S. The van der Waals surface area contributed by atoms with Crippen molar-refractivity contribution < 1.29 is 23.5 Å². The van der Waals surface area contributed by atoms with E-state index >= 15 is 0 Å². The van der Waals surface area contributed by atoms with Crippen molar-refractivity contribution in [2.24, 2.45) is 0 Å². The molecule has 1 aliphatic carbocycles. The second kappa shape index (κ2) is 10.5. The Hall–Kier alpha value is -3.39. The number of anilines is 1. The van der Waals surface area contributed by atoms with Gasteiger partial charge < -0.3 is 14.8 Å². The minimum Gasteiger partial charge on any atom is -0.485 e. The highest BCUT2D eigenvalue weighted by Gasteiger charge is 2.40. The molecule has 1 saturated carbocycles. The number of para-hydroxylation sites is 2. The van der Waals surface area contributed by atoms with Gasteiger partial charge in [0.05, 0.1) is 0 Å². The second-order valence-electron chi connectivity index (χ2n) is 8.81. The van der Waals surface area contributed by atoms with E-state index in [-0.39, 0.29) is 18.6 Å². The van der Waals surface area contributed by atoms with Gasteiger partial charge in [-0.1, -0.05) is 37.5 Å². The molecular weight excluding hydrogens is 467 g/mol. The summed E-state index contributed by atoms with van der Waals surface area (Å²) in [5, 5.41) is 5.05. The van der Waals surface area contributed by atoms with Crippen LogP contribution in [-0.2, 0) is 9.59 Å². The van der Waals surface area contributed by atoms with Crippen molar-refractivity contribution in [1.29, 1.82) is 0 Å². The molecule has 1 aromatic heterocycles. The molecule has 6 nitrogen and oxygen atoms in total. The molecule has 0 saturated heterocycles. The molecule has 2 aliphatic rings. The van der Waals surface area contributed by atoms with Gasteiger partial charge in [0.25, 0.3) is 5.91 Å². The Labute approximate surface area is 207 Å². The maximum Gasteiger partial charge on any atom is 0.272 e. The number of hydrogen-bond acceptors (Lipinski definition) is 5. The predicted octanol–water partition coefficient (Wildman–Crippen LogP) is 5.25. The lowest BCUT2D eigenvalue weighted by Gasteiger charge is -2.35. The van der Waals surface area contributed by atoms with Crippen molar-refractivity contribution in [2.75, 3.05) is 11.5 Å². The van der Waals surface area contributed by atoms with E-state index in [0.717, 1.165) is 25.7 Å². The van der Waals surface area contributed by atoms with Gasteiger partial charge in [0.15, 0.2) is 11.5 Å². The van der Waals surface area contributed by atoms with Gasteiger partial charge in [-0.3, -0.25) is 14.5 Å². The van der Waals surface area contributed by atoms with E-state index in [4.69, 9.17) is 9.47 Å². The largest absolute Gasteiger partial charge is 0.485 e. The Bertz CT molecular complexity index is 1160. The fourth-order valence-corrected chi connectivity index (χ4v) is 5.46. The molecule has 1 N–H and O–H groups in total. The van der Waals surface area contributed by atoms with Gasteiger partial charge >= 0.3 is 0 Å². The summed E-state index contributed by atoms with van der Waals surface area (Å²) in [4.78, 5) is 29.8. The van der Waals surface area contributed by atoms with Crippen LogP contribution in [0, 0.1) is 5.82 Å². The third kappa shape index (κ3) is 5.17. The van der Waals surface area contributed by atoms with E-state index in [0.29, 0.717) is 22.1 Å². The topological polar surface area (TPSA) is 67.9 Å². The summed E-state index contributed by atoms with van der Waals surface area (Å²) >= 11 is 1.40. The first-order valence-corrected chi connectivity index (χ1v) is 12.8. The van der Waals surface area contributed by atoms with E-state index in [2.05, 4.69) is 5.32 Å². The third-order valence-electron chi connectivity index (χ3n) is 6.40. The van der Waals surface area contributed by atoms with Crippen LogP contribution in [0.4, 0.5) is 10.1 Å². The van der Waals surface area contributed by atoms with Gasteiger partial charge in [0.2, 0.25) is 12.0 Å². The SMILES string of the molecule is O=C(NC1CCCCC1)[C@H](c1cccs1)N(C(=O)[C@H]1COc2ccccc2O1)c1ccc(F)cc1. The van der Waals surface area contributed by atoms with Gasteiger partial charge in [-0.05, 0) is 60.7 Å². The Kier molecular flexibility index (Phi) is 6.99.